The van der Waals surface area contributed by atoms with E-state index in [-0.39, 0.29) is 11.2 Å². The average Bonchev–Trinajstić information content (AvgIpc) is 2.23. The Balaban J connectivity index is 2.71. The molecule has 1 N–H and O–H groups in total. The average molecular weight is 276 g/mol. The van der Waals surface area contributed by atoms with Crippen LogP contribution in [0.3, 0.4) is 0 Å². The summed E-state index contributed by atoms with van der Waals surface area (Å²) in [7, 11) is -2.88. The zero-order valence-corrected chi connectivity index (χ0v) is 13.2. The van der Waals surface area contributed by atoms with Gasteiger partial charge in [0.15, 0.2) is 0 Å². The molecule has 1 aliphatic heterocycles. The Morgan fingerprint density at radius 1 is 1.33 bits per heavy atom. The van der Waals surface area contributed by atoms with Crippen LogP contribution in [0.2, 0.25) is 0 Å². The second-order valence-corrected chi connectivity index (χ2v) is 8.78. The largest absolute Gasteiger partial charge is 0.311 e. The summed E-state index contributed by atoms with van der Waals surface area (Å²) >= 11 is 0. The highest BCUT2D eigenvalue weighted by Crippen LogP contribution is 2.26. The van der Waals surface area contributed by atoms with E-state index in [9.17, 15) is 8.42 Å². The van der Waals surface area contributed by atoms with Gasteiger partial charge in [0.1, 0.15) is 9.84 Å². The fourth-order valence-electron chi connectivity index (χ4n) is 2.54. The number of nitrogens with zero attached hydrogens (tertiary/aromatic N) is 1. The fourth-order valence-corrected chi connectivity index (χ4v) is 3.11. The third kappa shape index (κ3) is 4.86. The van der Waals surface area contributed by atoms with E-state index < -0.39 is 9.84 Å². The molecule has 1 fully saturated rings. The highest BCUT2D eigenvalue weighted by atomic mass is 32.2. The molecule has 0 radical (unpaired) electrons. The highest BCUT2D eigenvalue weighted by molar-refractivity contribution is 7.90. The maximum Gasteiger partial charge on any atom is 0.148 e. The van der Waals surface area contributed by atoms with Crippen molar-refractivity contribution in [3.8, 4) is 0 Å². The van der Waals surface area contributed by atoms with E-state index in [4.69, 9.17) is 0 Å². The molecule has 0 bridgehead atoms. The van der Waals surface area contributed by atoms with Crippen molar-refractivity contribution in [3.05, 3.63) is 0 Å². The van der Waals surface area contributed by atoms with E-state index in [1.807, 2.05) is 0 Å². The molecule has 0 saturated carbocycles. The van der Waals surface area contributed by atoms with Gasteiger partial charge in [0.05, 0.1) is 5.75 Å². The van der Waals surface area contributed by atoms with Crippen molar-refractivity contribution in [1.29, 1.82) is 0 Å². The van der Waals surface area contributed by atoms with Gasteiger partial charge in [0.2, 0.25) is 0 Å². The Labute approximate surface area is 112 Å². The normalized spacial score (nSPS) is 27.4. The first-order chi connectivity index (χ1) is 8.13. The molecular formula is C13H28N2O2S. The monoisotopic (exact) mass is 276 g/mol. The third-order valence-corrected chi connectivity index (χ3v) is 4.66. The van der Waals surface area contributed by atoms with E-state index in [2.05, 4.69) is 37.9 Å². The predicted octanol–water partition coefficient (Wildman–Crippen LogP) is 1.13. The van der Waals surface area contributed by atoms with Crippen LogP contribution in [-0.4, -0.2) is 57.0 Å². The Morgan fingerprint density at radius 3 is 2.39 bits per heavy atom. The molecule has 5 heteroatoms. The van der Waals surface area contributed by atoms with Crippen molar-refractivity contribution >= 4 is 9.84 Å². The highest BCUT2D eigenvalue weighted by Gasteiger charge is 2.35. The van der Waals surface area contributed by atoms with Gasteiger partial charge in [-0.15, -0.1) is 0 Å². The molecule has 1 aliphatic rings. The van der Waals surface area contributed by atoms with Crippen LogP contribution in [0.5, 0.6) is 0 Å². The van der Waals surface area contributed by atoms with Crippen LogP contribution >= 0.6 is 0 Å². The third-order valence-electron chi connectivity index (χ3n) is 3.74. The van der Waals surface area contributed by atoms with Gasteiger partial charge in [0, 0.05) is 38.0 Å². The van der Waals surface area contributed by atoms with Crippen LogP contribution in [0.25, 0.3) is 0 Å². The van der Waals surface area contributed by atoms with Gasteiger partial charge in [0.25, 0.3) is 0 Å². The molecule has 108 valence electrons. The fraction of sp³-hybridized carbons (Fsp3) is 1.00. The minimum Gasteiger partial charge on any atom is -0.311 e. The molecule has 2 unspecified atom stereocenters. The summed E-state index contributed by atoms with van der Waals surface area (Å²) in [6.07, 6.45) is 2.41. The molecule has 0 aromatic carbocycles. The first-order valence-corrected chi connectivity index (χ1v) is 8.84. The predicted molar refractivity (Wildman–Crippen MR) is 76.6 cm³/mol. The van der Waals surface area contributed by atoms with E-state index in [0.29, 0.717) is 18.6 Å². The van der Waals surface area contributed by atoms with Gasteiger partial charge in [-0.2, -0.15) is 0 Å². The second kappa shape index (κ2) is 5.88. The summed E-state index contributed by atoms with van der Waals surface area (Å²) in [4.78, 5) is 2.35. The Bertz CT molecular complexity index is 360. The number of nitrogens with one attached hydrogen (secondary N) is 1. The van der Waals surface area contributed by atoms with Crippen molar-refractivity contribution in [2.45, 2.75) is 46.2 Å². The molecule has 0 aromatic rings. The van der Waals surface area contributed by atoms with Gasteiger partial charge in [-0.1, -0.05) is 27.7 Å². The molecule has 1 heterocycles. The number of sulfone groups is 1. The molecule has 1 rings (SSSR count). The summed E-state index contributed by atoms with van der Waals surface area (Å²) in [6, 6.07) is 0.894. The van der Waals surface area contributed by atoms with Crippen molar-refractivity contribution in [2.75, 3.05) is 31.6 Å². The molecule has 18 heavy (non-hydrogen) atoms. The molecular weight excluding hydrogens is 248 g/mol. The minimum atomic E-state index is -2.88. The van der Waals surface area contributed by atoms with Crippen molar-refractivity contribution in [3.63, 3.8) is 0 Å². The van der Waals surface area contributed by atoms with Crippen molar-refractivity contribution < 1.29 is 8.42 Å². The lowest BCUT2D eigenvalue weighted by Crippen LogP contribution is -2.61. The minimum absolute atomic E-state index is 0.170. The van der Waals surface area contributed by atoms with Gasteiger partial charge in [-0.25, -0.2) is 8.42 Å². The maximum atomic E-state index is 11.3. The zero-order valence-electron chi connectivity index (χ0n) is 12.4. The van der Waals surface area contributed by atoms with Crippen LogP contribution < -0.4 is 5.32 Å². The lowest BCUT2D eigenvalue weighted by molar-refractivity contribution is 0.0602. The first kappa shape index (κ1) is 15.9. The second-order valence-electron chi connectivity index (χ2n) is 6.52. The SMILES string of the molecule is CCC1CN(CCS(C)(=O)=O)C(C(C)(C)C)CN1. The lowest BCUT2D eigenvalue weighted by Gasteiger charge is -2.46. The van der Waals surface area contributed by atoms with Crippen LogP contribution in [-0.2, 0) is 9.84 Å². The molecule has 2 atom stereocenters. The van der Waals surface area contributed by atoms with Gasteiger partial charge < -0.3 is 5.32 Å². The zero-order chi connectivity index (χ0) is 14.0. The Kier molecular flexibility index (Phi) is 5.21. The summed E-state index contributed by atoms with van der Waals surface area (Å²) in [5.74, 6) is 0.260. The Hall–Kier alpha value is -0.130. The number of hydrogen-bond acceptors (Lipinski definition) is 4. The summed E-state index contributed by atoms with van der Waals surface area (Å²) < 4.78 is 22.7. The van der Waals surface area contributed by atoms with E-state index in [1.54, 1.807) is 0 Å². The van der Waals surface area contributed by atoms with E-state index in [0.717, 1.165) is 19.5 Å². The number of hydrogen-bond donors (Lipinski definition) is 1. The summed E-state index contributed by atoms with van der Waals surface area (Å²) in [5.41, 5.74) is 0.170. The number of rotatable bonds is 4. The van der Waals surface area contributed by atoms with Crippen LogP contribution in [0.15, 0.2) is 0 Å². The van der Waals surface area contributed by atoms with Gasteiger partial charge in [-0.05, 0) is 11.8 Å². The molecule has 1 saturated heterocycles. The standard InChI is InChI=1S/C13H28N2O2S/c1-6-11-10-15(7-8-18(5,16)17)12(9-14-11)13(2,3)4/h11-12,14H,6-10H2,1-5H3. The van der Waals surface area contributed by atoms with Crippen LogP contribution in [0.4, 0.5) is 0 Å². The molecule has 0 spiro atoms. The first-order valence-electron chi connectivity index (χ1n) is 6.78. The van der Waals surface area contributed by atoms with E-state index >= 15 is 0 Å². The summed E-state index contributed by atoms with van der Waals surface area (Å²) in [6.45, 7) is 11.4. The molecule has 0 amide bonds. The Morgan fingerprint density at radius 2 is 1.94 bits per heavy atom. The summed E-state index contributed by atoms with van der Waals surface area (Å²) in [5, 5.41) is 3.56. The topological polar surface area (TPSA) is 49.4 Å². The molecule has 4 nitrogen and oxygen atoms in total. The maximum absolute atomic E-state index is 11.3. The van der Waals surface area contributed by atoms with Gasteiger partial charge >= 0.3 is 0 Å². The van der Waals surface area contributed by atoms with Crippen LogP contribution in [0, 0.1) is 5.41 Å². The molecule has 0 aliphatic carbocycles. The number of piperazine rings is 1. The van der Waals surface area contributed by atoms with Crippen molar-refractivity contribution in [2.24, 2.45) is 5.41 Å². The van der Waals surface area contributed by atoms with Crippen LogP contribution in [0.1, 0.15) is 34.1 Å². The smallest absolute Gasteiger partial charge is 0.148 e. The van der Waals surface area contributed by atoms with Crippen molar-refractivity contribution in [1.82, 2.24) is 10.2 Å². The lowest BCUT2D eigenvalue weighted by atomic mass is 9.83. The molecule has 0 aromatic heterocycles. The quantitative estimate of drug-likeness (QED) is 0.836. The van der Waals surface area contributed by atoms with E-state index in [1.165, 1.54) is 6.26 Å². The van der Waals surface area contributed by atoms with Gasteiger partial charge in [-0.3, -0.25) is 4.90 Å².